The first kappa shape index (κ1) is 16.8. The summed E-state index contributed by atoms with van der Waals surface area (Å²) in [5.41, 5.74) is 1.70. The third kappa shape index (κ3) is 3.36. The molecule has 2 aromatic heterocycles. The van der Waals surface area contributed by atoms with Gasteiger partial charge in [-0.1, -0.05) is 24.6 Å². The number of amides is 1. The molecule has 3 aromatic rings. The molecule has 1 saturated carbocycles. The number of aromatic nitrogens is 6. The van der Waals surface area contributed by atoms with Gasteiger partial charge in [-0.2, -0.15) is 0 Å². The third-order valence-corrected chi connectivity index (χ3v) is 5.62. The van der Waals surface area contributed by atoms with Gasteiger partial charge in [0.05, 0.1) is 22.3 Å². The predicted molar refractivity (Wildman–Crippen MR) is 98.2 cm³/mol. The average molecular weight is 373 g/mol. The summed E-state index contributed by atoms with van der Waals surface area (Å²) < 4.78 is 1.85. The van der Waals surface area contributed by atoms with E-state index in [-0.39, 0.29) is 16.8 Å². The molecule has 10 heteroatoms. The first-order valence-corrected chi connectivity index (χ1v) is 9.45. The van der Waals surface area contributed by atoms with Crippen LogP contribution in [0.2, 0.25) is 0 Å². The van der Waals surface area contributed by atoms with Gasteiger partial charge in [0.15, 0.2) is 0 Å². The minimum Gasteiger partial charge on any atom is -0.325 e. The van der Waals surface area contributed by atoms with Crippen LogP contribution in [0.4, 0.5) is 5.69 Å². The molecule has 0 radical (unpaired) electrons. The number of carbonyl (C=O) groups is 1. The van der Waals surface area contributed by atoms with E-state index in [0.29, 0.717) is 27.9 Å². The number of imidazole rings is 1. The molecule has 0 spiro atoms. The molecule has 1 fully saturated rings. The zero-order valence-corrected chi connectivity index (χ0v) is 15.0. The molecule has 1 atom stereocenters. The molecule has 9 nitrogen and oxygen atoms in total. The van der Waals surface area contributed by atoms with Crippen LogP contribution < -0.4 is 11.0 Å². The second-order valence-electron chi connectivity index (χ2n) is 6.43. The minimum atomic E-state index is -0.359. The highest BCUT2D eigenvalue weighted by molar-refractivity contribution is 8.00. The van der Waals surface area contributed by atoms with Crippen molar-refractivity contribution in [2.45, 2.75) is 49.1 Å². The molecule has 1 aliphatic carbocycles. The number of hydrogen-bond donors (Lipinski definition) is 3. The molecule has 1 amide bonds. The van der Waals surface area contributed by atoms with Crippen molar-refractivity contribution < 1.29 is 4.79 Å². The standard InChI is InChI=1S/C16H19N7O2S/c1-9(26-16-20-21-22-23(16)11-4-2-3-5-11)14(24)17-10-6-7-12-13(8-10)19-15(25)18-12/h6-9,11H,2-5H2,1H3,(H,17,24)(H2,18,19,25)/t9-/m0/s1. The third-order valence-electron chi connectivity index (χ3n) is 4.57. The fourth-order valence-corrected chi connectivity index (χ4v) is 4.07. The van der Waals surface area contributed by atoms with E-state index in [1.54, 1.807) is 18.2 Å². The van der Waals surface area contributed by atoms with Gasteiger partial charge in [-0.3, -0.25) is 4.79 Å². The van der Waals surface area contributed by atoms with Gasteiger partial charge in [0.2, 0.25) is 11.1 Å². The average Bonchev–Trinajstić information content (AvgIpc) is 3.33. The molecule has 2 heterocycles. The highest BCUT2D eigenvalue weighted by atomic mass is 32.2. The normalized spacial score (nSPS) is 16.2. The molecule has 0 unspecified atom stereocenters. The Morgan fingerprint density at radius 1 is 1.31 bits per heavy atom. The maximum Gasteiger partial charge on any atom is 0.323 e. The zero-order chi connectivity index (χ0) is 18.1. The first-order valence-electron chi connectivity index (χ1n) is 8.57. The highest BCUT2D eigenvalue weighted by Crippen LogP contribution is 2.32. The number of rotatable bonds is 5. The van der Waals surface area contributed by atoms with Gasteiger partial charge in [-0.05, 0) is 48.4 Å². The molecule has 3 N–H and O–H groups in total. The Kier molecular flexibility index (Phi) is 4.49. The monoisotopic (exact) mass is 373 g/mol. The van der Waals surface area contributed by atoms with Crippen molar-refractivity contribution in [2.24, 2.45) is 0 Å². The van der Waals surface area contributed by atoms with Crippen molar-refractivity contribution in [3.05, 3.63) is 28.7 Å². The van der Waals surface area contributed by atoms with Gasteiger partial charge >= 0.3 is 5.69 Å². The quantitative estimate of drug-likeness (QED) is 0.589. The van der Waals surface area contributed by atoms with Crippen molar-refractivity contribution in [3.8, 4) is 0 Å². The van der Waals surface area contributed by atoms with Crippen LogP contribution in [-0.4, -0.2) is 41.3 Å². The fraction of sp³-hybridized carbons (Fsp3) is 0.438. The molecule has 136 valence electrons. The first-order chi connectivity index (χ1) is 12.6. The lowest BCUT2D eigenvalue weighted by molar-refractivity contribution is -0.115. The van der Waals surface area contributed by atoms with Gasteiger partial charge in [-0.25, -0.2) is 9.48 Å². The fourth-order valence-electron chi connectivity index (χ4n) is 3.21. The van der Waals surface area contributed by atoms with E-state index in [0.717, 1.165) is 12.8 Å². The number of nitrogens with zero attached hydrogens (tertiary/aromatic N) is 4. The summed E-state index contributed by atoms with van der Waals surface area (Å²) in [5, 5.41) is 15.1. The summed E-state index contributed by atoms with van der Waals surface area (Å²) in [6.45, 7) is 1.82. The van der Waals surface area contributed by atoms with Crippen LogP contribution in [0, 0.1) is 0 Å². The Morgan fingerprint density at radius 3 is 2.88 bits per heavy atom. The number of tetrazole rings is 1. The van der Waals surface area contributed by atoms with Crippen LogP contribution >= 0.6 is 11.8 Å². The van der Waals surface area contributed by atoms with Crippen molar-refractivity contribution in [2.75, 3.05) is 5.32 Å². The Hall–Kier alpha value is -2.62. The minimum absolute atomic E-state index is 0.145. The molecule has 0 saturated heterocycles. The number of thioether (sulfide) groups is 1. The van der Waals surface area contributed by atoms with Crippen LogP contribution in [0.15, 0.2) is 28.2 Å². The van der Waals surface area contributed by atoms with Gasteiger partial charge in [0.1, 0.15) is 0 Å². The predicted octanol–water partition coefficient (Wildman–Crippen LogP) is 2.08. The SMILES string of the molecule is C[C@H](Sc1nnnn1C1CCCC1)C(=O)Nc1ccc2[nH]c(=O)[nH]c2c1. The molecule has 26 heavy (non-hydrogen) atoms. The molecule has 0 aliphatic heterocycles. The van der Waals surface area contributed by atoms with Crippen molar-refractivity contribution in [3.63, 3.8) is 0 Å². The van der Waals surface area contributed by atoms with E-state index in [1.165, 1.54) is 24.6 Å². The highest BCUT2D eigenvalue weighted by Gasteiger charge is 2.24. The number of aromatic amines is 2. The molecular formula is C16H19N7O2S. The lowest BCUT2D eigenvalue weighted by Gasteiger charge is -2.14. The van der Waals surface area contributed by atoms with Gasteiger partial charge in [-0.15, -0.1) is 5.10 Å². The number of fused-ring (bicyclic) bond motifs is 1. The summed E-state index contributed by atoms with van der Waals surface area (Å²) in [6.07, 6.45) is 4.53. The van der Waals surface area contributed by atoms with Crippen LogP contribution in [-0.2, 0) is 4.79 Å². The van der Waals surface area contributed by atoms with Gasteiger partial charge < -0.3 is 15.3 Å². The van der Waals surface area contributed by atoms with E-state index in [2.05, 4.69) is 30.8 Å². The van der Waals surface area contributed by atoms with Crippen molar-refractivity contribution in [1.29, 1.82) is 0 Å². The molecular weight excluding hydrogens is 354 g/mol. The topological polar surface area (TPSA) is 121 Å². The zero-order valence-electron chi connectivity index (χ0n) is 14.2. The Balaban J connectivity index is 1.44. The van der Waals surface area contributed by atoms with Crippen molar-refractivity contribution in [1.82, 2.24) is 30.2 Å². The van der Waals surface area contributed by atoms with E-state index in [1.807, 2.05) is 11.6 Å². The van der Waals surface area contributed by atoms with Gasteiger partial charge in [0, 0.05) is 5.69 Å². The smallest absolute Gasteiger partial charge is 0.323 e. The second kappa shape index (κ2) is 6.94. The van der Waals surface area contributed by atoms with E-state index >= 15 is 0 Å². The Bertz CT molecular complexity index is 986. The number of benzene rings is 1. The second-order valence-corrected chi connectivity index (χ2v) is 7.74. The maximum absolute atomic E-state index is 12.5. The number of carbonyl (C=O) groups excluding carboxylic acids is 1. The summed E-state index contributed by atoms with van der Waals surface area (Å²) in [7, 11) is 0. The maximum atomic E-state index is 12.5. The van der Waals surface area contributed by atoms with Crippen LogP contribution in [0.3, 0.4) is 0 Å². The largest absolute Gasteiger partial charge is 0.325 e. The van der Waals surface area contributed by atoms with E-state index in [9.17, 15) is 9.59 Å². The molecule has 1 aliphatic rings. The van der Waals surface area contributed by atoms with E-state index in [4.69, 9.17) is 0 Å². The summed E-state index contributed by atoms with van der Waals surface area (Å²) in [4.78, 5) is 29.2. The summed E-state index contributed by atoms with van der Waals surface area (Å²) >= 11 is 1.35. The lowest BCUT2D eigenvalue weighted by atomic mass is 10.2. The number of nitrogens with one attached hydrogen (secondary N) is 3. The van der Waals surface area contributed by atoms with E-state index < -0.39 is 0 Å². The lowest BCUT2D eigenvalue weighted by Crippen LogP contribution is -2.23. The van der Waals surface area contributed by atoms with Gasteiger partial charge in [0.25, 0.3) is 0 Å². The van der Waals surface area contributed by atoms with Crippen LogP contribution in [0.5, 0.6) is 0 Å². The number of hydrogen-bond acceptors (Lipinski definition) is 6. The Labute approximate surface area is 152 Å². The molecule has 4 rings (SSSR count). The molecule has 1 aromatic carbocycles. The summed E-state index contributed by atoms with van der Waals surface area (Å²) in [6, 6.07) is 5.56. The van der Waals surface area contributed by atoms with Crippen LogP contribution in [0.1, 0.15) is 38.6 Å². The van der Waals surface area contributed by atoms with Crippen molar-refractivity contribution >= 4 is 34.4 Å². The Morgan fingerprint density at radius 2 is 2.08 bits per heavy atom. The number of anilines is 1. The molecule has 0 bridgehead atoms. The number of H-pyrrole nitrogens is 2. The van der Waals surface area contributed by atoms with Crippen LogP contribution in [0.25, 0.3) is 11.0 Å². The summed E-state index contributed by atoms with van der Waals surface area (Å²) in [5.74, 6) is -0.145.